The van der Waals surface area contributed by atoms with Crippen molar-refractivity contribution in [2.45, 2.75) is 46.2 Å². The summed E-state index contributed by atoms with van der Waals surface area (Å²) < 4.78 is 0. The van der Waals surface area contributed by atoms with E-state index in [0.29, 0.717) is 24.5 Å². The Bertz CT molecular complexity index is 803. The van der Waals surface area contributed by atoms with Crippen LogP contribution in [0.2, 0.25) is 0 Å². The molecule has 0 amide bonds. The monoisotopic (exact) mass is 562 g/mol. The molecule has 2 atom stereocenters. The van der Waals surface area contributed by atoms with Gasteiger partial charge in [0.2, 0.25) is 0 Å². The Hall–Kier alpha value is -2.23. The van der Waals surface area contributed by atoms with E-state index in [4.69, 9.17) is 0 Å². The average Bonchev–Trinajstić information content (AvgIpc) is 2.93. The van der Waals surface area contributed by atoms with Gasteiger partial charge >= 0.3 is 0 Å². The second-order valence-corrected chi connectivity index (χ2v) is 8.99. The van der Waals surface area contributed by atoms with Gasteiger partial charge in [0.25, 0.3) is 0 Å². The predicted molar refractivity (Wildman–Crippen MR) is 137 cm³/mol. The van der Waals surface area contributed by atoms with E-state index in [2.05, 4.69) is 4.98 Å². The van der Waals surface area contributed by atoms with E-state index >= 15 is 0 Å². The van der Waals surface area contributed by atoms with Crippen molar-refractivity contribution in [2.75, 3.05) is 70.6 Å². The van der Waals surface area contributed by atoms with Crippen molar-refractivity contribution in [3.63, 3.8) is 0 Å². The number of hydrogen-bond acceptors (Lipinski definition) is 12. The molecule has 0 N–H and O–H groups in total. The predicted octanol–water partition coefficient (Wildman–Crippen LogP) is -5.95. The lowest BCUT2D eigenvalue weighted by Crippen LogP contribution is -2.51. The largest absolute Gasteiger partial charge is 0.854 e. The van der Waals surface area contributed by atoms with E-state index in [9.17, 15) is 40.9 Å². The van der Waals surface area contributed by atoms with Gasteiger partial charge in [-0.15, -0.1) is 38.6 Å². The van der Waals surface area contributed by atoms with E-state index in [1.165, 1.54) is 15.6 Å². The smallest absolute Gasteiger partial charge is 0.0365 e. The van der Waals surface area contributed by atoms with Crippen LogP contribution in [-0.4, -0.2) is 92.9 Å². The number of aryl methyl sites for hydroxylation is 1. The third-order valence-electron chi connectivity index (χ3n) is 5.31. The second-order valence-electron chi connectivity index (χ2n) is 8.99. The molecule has 0 bridgehead atoms. The van der Waals surface area contributed by atoms with Crippen molar-refractivity contribution < 1.29 is 40.9 Å². The normalized spacial score (nSPS) is 12.3. The Kier molecular flexibility index (Phi) is 22.2. The third-order valence-corrected chi connectivity index (χ3v) is 5.31. The Morgan fingerprint density at radius 2 is 1.00 bits per heavy atom. The topological polar surface area (TPSA) is 207 Å². The minimum absolute atomic E-state index is 0.183. The molecule has 0 fully saturated rings. The number of anilines is 1. The maximum Gasteiger partial charge on any atom is 0.0365 e. The molecule has 0 saturated carbocycles. The summed E-state index contributed by atoms with van der Waals surface area (Å²) in [5.74, 6) is 0. The highest BCUT2D eigenvalue weighted by atomic mass is 16.3. The maximum absolute atomic E-state index is 11.2. The summed E-state index contributed by atoms with van der Waals surface area (Å²) in [5, 5.41) is 87.5. The van der Waals surface area contributed by atoms with E-state index in [-0.39, 0.29) is 65.8 Å². The number of hydrogen-bond donors (Lipinski definition) is 0. The van der Waals surface area contributed by atoms with Gasteiger partial charge in [0.1, 0.15) is 0 Å². The van der Waals surface area contributed by atoms with Gasteiger partial charge in [-0.3, -0.25) is 4.98 Å². The molecule has 1 aromatic carbocycles. The molecule has 0 spiro atoms. The quantitative estimate of drug-likeness (QED) is 0.175. The molecule has 0 radical (unpaired) electrons. The van der Waals surface area contributed by atoms with E-state index in [0.717, 1.165) is 5.69 Å². The van der Waals surface area contributed by atoms with Crippen LogP contribution in [0.3, 0.4) is 0 Å². The molecule has 0 aliphatic carbocycles. The fourth-order valence-electron chi connectivity index (χ4n) is 3.56. The van der Waals surface area contributed by atoms with Gasteiger partial charge in [0.05, 0.1) is 0 Å². The molecule has 0 saturated heterocycles. The van der Waals surface area contributed by atoms with Crippen LogP contribution in [0.4, 0.5) is 5.69 Å². The summed E-state index contributed by atoms with van der Waals surface area (Å²) in [6.07, 6.45) is -1.36. The van der Waals surface area contributed by atoms with Crippen LogP contribution in [0.1, 0.15) is 30.8 Å². The lowest BCUT2D eigenvalue weighted by atomic mass is 10.2. The minimum atomic E-state index is -0.681. The van der Waals surface area contributed by atoms with Crippen molar-refractivity contribution in [1.82, 2.24) is 15.0 Å². The van der Waals surface area contributed by atoms with Gasteiger partial charge < -0.3 is 45.8 Å². The zero-order valence-electron chi connectivity index (χ0n) is 23.7. The van der Waals surface area contributed by atoms with Crippen LogP contribution in [0.5, 0.6) is 0 Å². The lowest BCUT2D eigenvalue weighted by molar-refractivity contribution is -0.415. The summed E-state index contributed by atoms with van der Waals surface area (Å²) in [4.78, 5) is 5.65. The SMILES string of the molecule is Cc1ccc(N(CC(C)[O-])CC(C)[O-])cc1.[O-]CCN(CC[O-])N(CC[O-])CC[O-].[O-]Cc1cccc(C[O-])n1. The first-order valence-electron chi connectivity index (χ1n) is 13.2. The fourth-order valence-corrected chi connectivity index (χ4v) is 3.56. The summed E-state index contributed by atoms with van der Waals surface area (Å²) in [7, 11) is 0. The van der Waals surface area contributed by atoms with Crippen molar-refractivity contribution in [3.8, 4) is 0 Å². The van der Waals surface area contributed by atoms with E-state index < -0.39 is 12.2 Å². The first-order valence-corrected chi connectivity index (χ1v) is 13.2. The number of hydrazine groups is 1. The number of benzene rings is 1. The summed E-state index contributed by atoms with van der Waals surface area (Å²) in [6.45, 7) is 4.70. The lowest BCUT2D eigenvalue weighted by Gasteiger charge is -2.38. The van der Waals surface area contributed by atoms with E-state index in [1.54, 1.807) is 32.0 Å². The Balaban J connectivity index is 0.000000585. The zero-order valence-corrected chi connectivity index (χ0v) is 23.7. The molecule has 12 nitrogen and oxygen atoms in total. The number of rotatable bonds is 16. The van der Waals surface area contributed by atoms with Crippen molar-refractivity contribution in [1.29, 1.82) is 0 Å². The third kappa shape index (κ3) is 17.5. The number of aromatic nitrogens is 1. The zero-order chi connectivity index (χ0) is 30.3. The van der Waals surface area contributed by atoms with Crippen LogP contribution >= 0.6 is 0 Å². The molecule has 2 unspecified atom stereocenters. The highest BCUT2D eigenvalue weighted by molar-refractivity contribution is 5.47. The second kappa shape index (κ2) is 23.5. The van der Waals surface area contributed by atoms with Crippen LogP contribution in [0.25, 0.3) is 0 Å². The summed E-state index contributed by atoms with van der Waals surface area (Å²) in [6, 6.07) is 12.8. The molecule has 2 aromatic rings. The van der Waals surface area contributed by atoms with Gasteiger partial charge in [-0.1, -0.05) is 50.8 Å². The van der Waals surface area contributed by atoms with Gasteiger partial charge in [0, 0.05) is 30.2 Å². The molecule has 40 heavy (non-hydrogen) atoms. The first-order chi connectivity index (χ1) is 19.1. The maximum atomic E-state index is 11.2. The van der Waals surface area contributed by atoms with Crippen LogP contribution in [0.15, 0.2) is 42.5 Å². The van der Waals surface area contributed by atoms with Gasteiger partial charge in [-0.05, 0) is 57.4 Å². The molecule has 230 valence electrons. The Morgan fingerprint density at radius 3 is 1.30 bits per heavy atom. The Labute approximate surface area is 238 Å². The molecule has 0 aliphatic heterocycles. The first kappa shape index (κ1) is 37.8. The highest BCUT2D eigenvalue weighted by Gasteiger charge is 2.08. The molecule has 0 aliphatic rings. The van der Waals surface area contributed by atoms with Crippen LogP contribution in [0, 0.1) is 6.92 Å². The fraction of sp³-hybridized carbons (Fsp3) is 0.607. The highest BCUT2D eigenvalue weighted by Crippen LogP contribution is 2.15. The van der Waals surface area contributed by atoms with Crippen LogP contribution < -0.4 is 45.8 Å². The molecule has 1 heterocycles. The summed E-state index contributed by atoms with van der Waals surface area (Å²) in [5.41, 5.74) is 3.01. The minimum Gasteiger partial charge on any atom is -0.854 e. The van der Waals surface area contributed by atoms with Gasteiger partial charge in [-0.25, -0.2) is 10.0 Å². The summed E-state index contributed by atoms with van der Waals surface area (Å²) >= 11 is 0. The standard InChI is InChI=1S/C13H19NO2.C8H16N2O4.C7H7NO2/c1-10-4-6-13(7-5-10)14(8-11(2)15)9-12(3)16;11-5-1-9(2-6-12)10(3-7-13)4-8-14;9-4-6-2-1-3-7(5-10)8-6/h4-7,11-12H,8-9H2,1-3H3;1-8H2;1-3H,4-5H2/q-2;-4;-2. The molecule has 2 rings (SSSR count). The molecular formula is C28H42N4O8-8. The van der Waals surface area contributed by atoms with Gasteiger partial charge in [-0.2, -0.15) is 0 Å². The number of pyridine rings is 1. The average molecular weight is 563 g/mol. The Morgan fingerprint density at radius 1 is 0.625 bits per heavy atom. The van der Waals surface area contributed by atoms with Crippen molar-refractivity contribution >= 4 is 5.69 Å². The molecular weight excluding hydrogens is 520 g/mol. The molecule has 1 aromatic heterocycles. The van der Waals surface area contributed by atoms with Gasteiger partial charge in [0.15, 0.2) is 0 Å². The van der Waals surface area contributed by atoms with Crippen molar-refractivity contribution in [2.24, 2.45) is 0 Å². The van der Waals surface area contributed by atoms with Crippen LogP contribution in [-0.2, 0) is 13.2 Å². The molecule has 12 heteroatoms. The van der Waals surface area contributed by atoms with Crippen molar-refractivity contribution in [3.05, 3.63) is 59.4 Å². The van der Waals surface area contributed by atoms with E-state index in [1.807, 2.05) is 36.1 Å². The number of nitrogens with zero attached hydrogens (tertiary/aromatic N) is 4.